The minimum atomic E-state index is -4.30. The van der Waals surface area contributed by atoms with Crippen LogP contribution in [-0.2, 0) is 32.6 Å². The number of halogens is 2. The van der Waals surface area contributed by atoms with E-state index in [2.05, 4.69) is 5.32 Å². The number of hydrogen-bond acceptors (Lipinski definition) is 4. The molecule has 0 aliphatic rings. The molecule has 0 saturated heterocycles. The lowest BCUT2D eigenvalue weighted by molar-refractivity contribution is -0.140. The molecule has 242 valence electrons. The van der Waals surface area contributed by atoms with Crippen LogP contribution in [0, 0.1) is 19.7 Å². The quantitative estimate of drug-likeness (QED) is 0.190. The van der Waals surface area contributed by atoms with Gasteiger partial charge in [-0.3, -0.25) is 13.9 Å². The van der Waals surface area contributed by atoms with Crippen LogP contribution in [0.2, 0.25) is 5.02 Å². The molecule has 0 aliphatic carbocycles. The molecule has 7 nitrogen and oxygen atoms in total. The lowest BCUT2D eigenvalue weighted by atomic mass is 10.0. The van der Waals surface area contributed by atoms with E-state index in [0.717, 1.165) is 15.4 Å². The van der Waals surface area contributed by atoms with Crippen LogP contribution in [0.3, 0.4) is 0 Å². The molecule has 0 heterocycles. The summed E-state index contributed by atoms with van der Waals surface area (Å²) < 4.78 is 44.6. The van der Waals surface area contributed by atoms with E-state index in [-0.39, 0.29) is 34.1 Å². The van der Waals surface area contributed by atoms with Gasteiger partial charge in [0.05, 0.1) is 10.6 Å². The topological polar surface area (TPSA) is 86.8 Å². The normalized spacial score (nSPS) is 12.3. The van der Waals surface area contributed by atoms with Gasteiger partial charge in [-0.15, -0.1) is 0 Å². The molecule has 0 radical (unpaired) electrons. The highest BCUT2D eigenvalue weighted by Gasteiger charge is 2.36. The van der Waals surface area contributed by atoms with Gasteiger partial charge in [-0.1, -0.05) is 83.9 Å². The van der Waals surface area contributed by atoms with Gasteiger partial charge in [0.15, 0.2) is 0 Å². The second-order valence-electron chi connectivity index (χ2n) is 12.3. The van der Waals surface area contributed by atoms with E-state index in [9.17, 15) is 18.0 Å². The number of benzene rings is 4. The van der Waals surface area contributed by atoms with Crippen molar-refractivity contribution in [1.29, 1.82) is 0 Å². The van der Waals surface area contributed by atoms with Gasteiger partial charge in [0, 0.05) is 29.1 Å². The summed E-state index contributed by atoms with van der Waals surface area (Å²) in [6, 6.07) is 25.2. The van der Waals surface area contributed by atoms with Crippen molar-refractivity contribution in [2.75, 3.05) is 10.8 Å². The number of sulfonamides is 1. The summed E-state index contributed by atoms with van der Waals surface area (Å²) in [6.07, 6.45) is 0.115. The van der Waals surface area contributed by atoms with Crippen molar-refractivity contribution in [3.63, 3.8) is 0 Å². The van der Waals surface area contributed by atoms with Crippen LogP contribution in [0.25, 0.3) is 0 Å². The molecular weight excluding hydrogens is 625 g/mol. The Morgan fingerprint density at radius 3 is 2.15 bits per heavy atom. The highest BCUT2D eigenvalue weighted by Crippen LogP contribution is 2.30. The fourth-order valence-electron chi connectivity index (χ4n) is 5.02. The number of aryl methyl sites for hydroxylation is 2. The second kappa shape index (κ2) is 14.5. The number of amides is 2. The predicted molar refractivity (Wildman–Crippen MR) is 181 cm³/mol. The minimum Gasteiger partial charge on any atom is -0.350 e. The summed E-state index contributed by atoms with van der Waals surface area (Å²) in [7, 11) is -4.30. The van der Waals surface area contributed by atoms with Crippen LogP contribution in [0.1, 0.15) is 43.0 Å². The third kappa shape index (κ3) is 8.73. The molecular formula is C36H39ClFN3O4S. The average molecular weight is 664 g/mol. The van der Waals surface area contributed by atoms with Gasteiger partial charge in [0.25, 0.3) is 10.0 Å². The van der Waals surface area contributed by atoms with Gasteiger partial charge >= 0.3 is 0 Å². The lowest BCUT2D eigenvalue weighted by Gasteiger charge is -2.35. The molecule has 1 N–H and O–H groups in total. The monoisotopic (exact) mass is 663 g/mol. The van der Waals surface area contributed by atoms with Crippen molar-refractivity contribution in [3.8, 4) is 0 Å². The largest absolute Gasteiger partial charge is 0.350 e. The molecule has 10 heteroatoms. The molecule has 0 aliphatic heterocycles. The van der Waals surface area contributed by atoms with Gasteiger partial charge in [-0.05, 0) is 76.1 Å². The number of carbonyl (C=O) groups excluding carboxylic acids is 2. The van der Waals surface area contributed by atoms with Gasteiger partial charge in [0.1, 0.15) is 18.4 Å². The highest BCUT2D eigenvalue weighted by molar-refractivity contribution is 7.92. The van der Waals surface area contributed by atoms with Crippen molar-refractivity contribution in [2.24, 2.45) is 0 Å². The first-order chi connectivity index (χ1) is 21.7. The molecule has 0 aromatic heterocycles. The third-order valence-corrected chi connectivity index (χ3v) is 9.40. The van der Waals surface area contributed by atoms with Crippen molar-refractivity contribution in [3.05, 3.63) is 130 Å². The number of nitrogens with zero attached hydrogens (tertiary/aromatic N) is 2. The van der Waals surface area contributed by atoms with Crippen LogP contribution in [0.4, 0.5) is 10.1 Å². The van der Waals surface area contributed by atoms with Crippen molar-refractivity contribution < 1.29 is 22.4 Å². The first-order valence-electron chi connectivity index (χ1n) is 14.9. The van der Waals surface area contributed by atoms with Gasteiger partial charge in [0.2, 0.25) is 11.8 Å². The molecule has 4 aromatic carbocycles. The smallest absolute Gasteiger partial charge is 0.264 e. The van der Waals surface area contributed by atoms with Crippen molar-refractivity contribution in [2.45, 2.75) is 64.1 Å². The van der Waals surface area contributed by atoms with Gasteiger partial charge < -0.3 is 10.2 Å². The van der Waals surface area contributed by atoms with E-state index in [1.165, 1.54) is 35.2 Å². The van der Waals surface area contributed by atoms with E-state index in [0.29, 0.717) is 5.56 Å². The molecule has 0 saturated carbocycles. The van der Waals surface area contributed by atoms with E-state index in [1.807, 2.05) is 58.0 Å². The molecule has 4 aromatic rings. The van der Waals surface area contributed by atoms with E-state index in [4.69, 9.17) is 11.6 Å². The summed E-state index contributed by atoms with van der Waals surface area (Å²) >= 11 is 6.33. The first-order valence-corrected chi connectivity index (χ1v) is 16.7. The molecule has 46 heavy (non-hydrogen) atoms. The molecule has 1 unspecified atom stereocenters. The Hall–Kier alpha value is -4.21. The maximum absolute atomic E-state index is 15.1. The second-order valence-corrected chi connectivity index (χ2v) is 14.6. The molecule has 0 fully saturated rings. The standard InChI is InChI=1S/C36H39ClFN3O4S/c1-25-15-19-30(20-16-25)46(44,45)41(32-22-29(37)18-17-26(32)2)24-34(42)40(23-28-13-9-10-14-31(28)38)33(35(43)39-36(3,4)5)21-27-11-7-6-8-12-27/h6-20,22,33H,21,23-24H2,1-5H3,(H,39,43). The summed E-state index contributed by atoms with van der Waals surface area (Å²) in [4.78, 5) is 29.7. The van der Waals surface area contributed by atoms with Crippen LogP contribution < -0.4 is 9.62 Å². The zero-order chi connectivity index (χ0) is 33.6. The van der Waals surface area contributed by atoms with Crippen LogP contribution in [-0.4, -0.2) is 43.3 Å². The SMILES string of the molecule is Cc1ccc(S(=O)(=O)N(CC(=O)N(Cc2ccccc2F)C(Cc2ccccc2)C(=O)NC(C)(C)C)c2cc(Cl)ccc2C)cc1. The Bertz CT molecular complexity index is 1790. The Labute approximate surface area is 276 Å². The zero-order valence-electron chi connectivity index (χ0n) is 26.6. The number of carbonyl (C=O) groups is 2. The minimum absolute atomic E-state index is 0.0164. The maximum atomic E-state index is 15.1. The Balaban J connectivity index is 1.86. The molecule has 1 atom stereocenters. The zero-order valence-corrected chi connectivity index (χ0v) is 28.2. The van der Waals surface area contributed by atoms with Gasteiger partial charge in [-0.2, -0.15) is 0 Å². The van der Waals surface area contributed by atoms with Crippen molar-refractivity contribution >= 4 is 39.1 Å². The number of nitrogens with one attached hydrogen (secondary N) is 1. The fourth-order valence-corrected chi connectivity index (χ4v) is 6.66. The Morgan fingerprint density at radius 2 is 1.52 bits per heavy atom. The van der Waals surface area contributed by atoms with E-state index >= 15 is 4.39 Å². The molecule has 0 bridgehead atoms. The number of hydrogen-bond donors (Lipinski definition) is 1. The van der Waals surface area contributed by atoms with E-state index in [1.54, 1.807) is 43.3 Å². The van der Waals surface area contributed by atoms with Crippen LogP contribution >= 0.6 is 11.6 Å². The van der Waals surface area contributed by atoms with E-state index < -0.39 is 45.8 Å². The van der Waals surface area contributed by atoms with Gasteiger partial charge in [-0.25, -0.2) is 12.8 Å². The third-order valence-electron chi connectivity index (χ3n) is 7.40. The summed E-state index contributed by atoms with van der Waals surface area (Å²) in [5, 5.41) is 3.25. The molecule has 4 rings (SSSR count). The Kier molecular flexibility index (Phi) is 10.9. The molecule has 2 amide bonds. The summed E-state index contributed by atoms with van der Waals surface area (Å²) in [5.41, 5.74) is 1.97. The first kappa shape index (κ1) is 34.7. The van der Waals surface area contributed by atoms with Crippen LogP contribution in [0.5, 0.6) is 0 Å². The number of anilines is 1. The Morgan fingerprint density at radius 1 is 0.891 bits per heavy atom. The van der Waals surface area contributed by atoms with Crippen molar-refractivity contribution in [1.82, 2.24) is 10.2 Å². The maximum Gasteiger partial charge on any atom is 0.264 e. The predicted octanol–water partition coefficient (Wildman–Crippen LogP) is 6.85. The summed E-state index contributed by atoms with van der Waals surface area (Å²) in [6.45, 7) is 8.10. The highest BCUT2D eigenvalue weighted by atomic mass is 35.5. The molecule has 0 spiro atoms. The lowest BCUT2D eigenvalue weighted by Crippen LogP contribution is -2.56. The number of rotatable bonds is 11. The summed E-state index contributed by atoms with van der Waals surface area (Å²) in [5.74, 6) is -1.69. The average Bonchev–Trinajstić information content (AvgIpc) is 2.99. The fraction of sp³-hybridized carbons (Fsp3) is 0.278. The van der Waals surface area contributed by atoms with Crippen LogP contribution in [0.15, 0.2) is 102 Å².